The molecular formula is C44H45F3N10O3. The molecule has 10 rings (SSSR count). The molecular weight excluding hydrogens is 774 g/mol. The Morgan fingerprint density at radius 1 is 0.767 bits per heavy atom. The lowest BCUT2D eigenvalue weighted by Gasteiger charge is -2.43. The fourth-order valence-corrected chi connectivity index (χ4v) is 9.91. The van der Waals surface area contributed by atoms with E-state index < -0.39 is 35.3 Å². The van der Waals surface area contributed by atoms with Crippen molar-refractivity contribution in [2.24, 2.45) is 0 Å². The summed E-state index contributed by atoms with van der Waals surface area (Å²) in [6, 6.07) is 14.5. The van der Waals surface area contributed by atoms with Gasteiger partial charge in [0.05, 0.1) is 29.1 Å². The summed E-state index contributed by atoms with van der Waals surface area (Å²) in [6.45, 7) is 6.72. The molecule has 60 heavy (non-hydrogen) atoms. The maximum Gasteiger partial charge on any atom is 0.258 e. The van der Waals surface area contributed by atoms with Crippen molar-refractivity contribution in [3.8, 4) is 11.3 Å². The van der Waals surface area contributed by atoms with Gasteiger partial charge in [0.25, 0.3) is 5.91 Å². The second-order valence-corrected chi connectivity index (χ2v) is 16.6. The normalized spacial score (nSPS) is 22.0. The number of anilines is 2. The molecule has 2 aromatic carbocycles. The zero-order valence-electron chi connectivity index (χ0n) is 33.1. The van der Waals surface area contributed by atoms with Gasteiger partial charge in [0.1, 0.15) is 35.1 Å². The summed E-state index contributed by atoms with van der Waals surface area (Å²) in [4.78, 5) is 58.0. The molecule has 3 amide bonds. The SMILES string of the molecule is O=C1CCC(N2Cc3cc(CN4CCC(N5CCN(c6cccc(-c7cnn8ccc(N9CCC[C@@H]9c9ccc(F)cc9F)nc78)n6)CC5)CC4)cc(F)c3C2=O)C(=O)N1. The highest BCUT2D eigenvalue weighted by Gasteiger charge is 2.41. The van der Waals surface area contributed by atoms with E-state index in [1.807, 2.05) is 36.5 Å². The number of hydrogen-bond acceptors (Lipinski definition) is 10. The summed E-state index contributed by atoms with van der Waals surface area (Å²) in [6.07, 6.45) is 7.66. The molecule has 1 N–H and O–H groups in total. The lowest BCUT2D eigenvalue weighted by atomic mass is 10.0. The summed E-state index contributed by atoms with van der Waals surface area (Å²) in [5.41, 5.74) is 4.13. The van der Waals surface area contributed by atoms with Gasteiger partial charge in [-0.15, -0.1) is 0 Å². The number of aromatic nitrogens is 4. The van der Waals surface area contributed by atoms with E-state index in [1.54, 1.807) is 10.7 Å². The van der Waals surface area contributed by atoms with Crippen LogP contribution in [0.15, 0.2) is 67.0 Å². The van der Waals surface area contributed by atoms with Crippen LogP contribution in [0.2, 0.25) is 0 Å². The first-order valence-electron chi connectivity index (χ1n) is 20.9. The molecule has 3 aromatic heterocycles. The van der Waals surface area contributed by atoms with E-state index in [4.69, 9.17) is 9.97 Å². The van der Waals surface area contributed by atoms with Crippen LogP contribution in [-0.4, -0.2) is 110 Å². The Hall–Kier alpha value is -5.87. The van der Waals surface area contributed by atoms with E-state index in [9.17, 15) is 23.2 Å². The van der Waals surface area contributed by atoms with Gasteiger partial charge in [0, 0.05) is 76.1 Å². The zero-order valence-corrected chi connectivity index (χ0v) is 33.1. The molecule has 4 saturated heterocycles. The highest BCUT2D eigenvalue weighted by molar-refractivity contribution is 6.05. The number of carbonyl (C=O) groups is 3. The maximum atomic E-state index is 15.4. The quantitative estimate of drug-likeness (QED) is 0.212. The number of rotatable bonds is 8. The number of likely N-dealkylation sites (tertiary alicyclic amines) is 1. The fourth-order valence-electron chi connectivity index (χ4n) is 9.91. The van der Waals surface area contributed by atoms with Gasteiger partial charge < -0.3 is 14.7 Å². The number of halogens is 3. The van der Waals surface area contributed by atoms with Crippen molar-refractivity contribution in [2.75, 3.05) is 55.6 Å². The number of pyridine rings is 1. The van der Waals surface area contributed by atoms with Crippen LogP contribution in [0.5, 0.6) is 0 Å². The molecule has 0 aliphatic carbocycles. The Bertz CT molecular complexity index is 2500. The number of piperazine rings is 1. The first-order chi connectivity index (χ1) is 29.2. The molecule has 8 heterocycles. The van der Waals surface area contributed by atoms with E-state index in [1.165, 1.54) is 23.1 Å². The lowest BCUT2D eigenvalue weighted by Crippen LogP contribution is -2.53. The van der Waals surface area contributed by atoms with E-state index in [0.29, 0.717) is 41.7 Å². The molecule has 4 fully saturated rings. The molecule has 0 bridgehead atoms. The van der Waals surface area contributed by atoms with Gasteiger partial charge in [-0.25, -0.2) is 27.7 Å². The van der Waals surface area contributed by atoms with Crippen molar-refractivity contribution >= 4 is 35.0 Å². The Morgan fingerprint density at radius 3 is 2.40 bits per heavy atom. The van der Waals surface area contributed by atoms with E-state index in [-0.39, 0.29) is 36.9 Å². The molecule has 0 radical (unpaired) electrons. The molecule has 5 aliphatic rings. The highest BCUT2D eigenvalue weighted by Crippen LogP contribution is 2.38. The average molecular weight is 819 g/mol. The van der Waals surface area contributed by atoms with Crippen LogP contribution < -0.4 is 15.1 Å². The fraction of sp³-hybridized carbons (Fsp3) is 0.409. The van der Waals surface area contributed by atoms with Crippen molar-refractivity contribution in [1.82, 2.24) is 39.6 Å². The monoisotopic (exact) mass is 818 g/mol. The van der Waals surface area contributed by atoms with E-state index >= 15 is 4.39 Å². The Kier molecular flexibility index (Phi) is 9.98. The lowest BCUT2D eigenvalue weighted by molar-refractivity contribution is -0.136. The highest BCUT2D eigenvalue weighted by atomic mass is 19.1. The number of nitrogens with one attached hydrogen (secondary N) is 1. The number of imide groups is 1. The molecule has 0 spiro atoms. The average Bonchev–Trinajstić information content (AvgIpc) is 3.99. The van der Waals surface area contributed by atoms with E-state index in [2.05, 4.69) is 30.0 Å². The van der Waals surface area contributed by atoms with Crippen LogP contribution in [0.4, 0.5) is 24.8 Å². The Balaban J connectivity index is 0.750. The number of benzene rings is 2. The molecule has 1 unspecified atom stereocenters. The van der Waals surface area contributed by atoms with Crippen LogP contribution in [0.3, 0.4) is 0 Å². The molecule has 5 aromatic rings. The summed E-state index contributed by atoms with van der Waals surface area (Å²) in [5.74, 6) is -1.44. The van der Waals surface area contributed by atoms with Crippen molar-refractivity contribution in [3.63, 3.8) is 0 Å². The molecule has 5 aliphatic heterocycles. The number of fused-ring (bicyclic) bond motifs is 2. The van der Waals surface area contributed by atoms with Crippen LogP contribution in [0.25, 0.3) is 16.9 Å². The number of piperidine rings is 2. The molecule has 0 saturated carbocycles. The molecule has 310 valence electrons. The largest absolute Gasteiger partial charge is 0.354 e. The molecule has 2 atom stereocenters. The minimum Gasteiger partial charge on any atom is -0.354 e. The van der Waals surface area contributed by atoms with Crippen molar-refractivity contribution in [3.05, 3.63) is 107 Å². The molecule has 16 heteroatoms. The van der Waals surface area contributed by atoms with Crippen LogP contribution >= 0.6 is 0 Å². The van der Waals surface area contributed by atoms with Gasteiger partial charge in [-0.1, -0.05) is 18.2 Å². The number of nitrogens with zero attached hydrogens (tertiary/aromatic N) is 9. The van der Waals surface area contributed by atoms with Crippen LogP contribution in [0.1, 0.15) is 71.6 Å². The third-order valence-corrected chi connectivity index (χ3v) is 13.0. The van der Waals surface area contributed by atoms with Gasteiger partial charge in [-0.2, -0.15) is 5.10 Å². The maximum absolute atomic E-state index is 15.4. The van der Waals surface area contributed by atoms with Crippen LogP contribution in [0, 0.1) is 17.5 Å². The summed E-state index contributed by atoms with van der Waals surface area (Å²) < 4.78 is 45.6. The van der Waals surface area contributed by atoms with Crippen LogP contribution in [-0.2, 0) is 22.7 Å². The number of carbonyl (C=O) groups excluding carboxylic acids is 3. The van der Waals surface area contributed by atoms with Gasteiger partial charge in [0.15, 0.2) is 5.65 Å². The van der Waals surface area contributed by atoms with Gasteiger partial charge in [-0.3, -0.25) is 29.5 Å². The third-order valence-electron chi connectivity index (χ3n) is 13.0. The first-order valence-corrected chi connectivity index (χ1v) is 20.9. The predicted molar refractivity (Wildman–Crippen MR) is 216 cm³/mol. The Morgan fingerprint density at radius 2 is 1.60 bits per heavy atom. The van der Waals surface area contributed by atoms with E-state index in [0.717, 1.165) is 93.7 Å². The van der Waals surface area contributed by atoms with Crippen molar-refractivity contribution in [2.45, 2.75) is 69.7 Å². The summed E-state index contributed by atoms with van der Waals surface area (Å²) >= 11 is 0. The second-order valence-electron chi connectivity index (χ2n) is 16.6. The summed E-state index contributed by atoms with van der Waals surface area (Å²) in [5, 5.41) is 6.86. The first kappa shape index (κ1) is 38.3. The molecule has 13 nitrogen and oxygen atoms in total. The minimum atomic E-state index is -0.774. The van der Waals surface area contributed by atoms with Crippen molar-refractivity contribution in [1.29, 1.82) is 0 Å². The summed E-state index contributed by atoms with van der Waals surface area (Å²) in [7, 11) is 0. The number of hydrogen-bond donors (Lipinski definition) is 1. The minimum absolute atomic E-state index is 0.0282. The van der Waals surface area contributed by atoms with Gasteiger partial charge in [0.2, 0.25) is 11.8 Å². The third kappa shape index (κ3) is 7.14. The predicted octanol–water partition coefficient (Wildman–Crippen LogP) is 5.10. The number of amides is 3. The second kappa shape index (κ2) is 15.6. The van der Waals surface area contributed by atoms with Crippen molar-refractivity contribution < 1.29 is 27.6 Å². The van der Waals surface area contributed by atoms with Gasteiger partial charge in [-0.05, 0) is 86.7 Å². The standard InChI is InChI=1S/C44H45F3N10O3/c45-29-6-7-31(33(46)23-29)36-4-2-13-55(36)39-12-16-57-42(50-39)32(24-48-57)35-3-1-5-38(49-35)54-19-17-53(18-20-54)30-10-14-52(15-11-30)25-27-21-28-26-56(44(60)41(28)34(47)22-27)37-8-9-40(58)51-43(37)59/h1,3,5-7,12,16,21-24,30,36-37H,2,4,8-11,13-15,17-20,25-26H2,(H,51,58,59)/t36-,37?/m1/s1. The smallest absolute Gasteiger partial charge is 0.258 e. The zero-order chi connectivity index (χ0) is 41.1. The Labute approximate surface area is 344 Å². The van der Waals surface area contributed by atoms with Gasteiger partial charge >= 0.3 is 0 Å². The topological polar surface area (TPSA) is 123 Å².